The van der Waals surface area contributed by atoms with Crippen molar-refractivity contribution in [2.75, 3.05) is 0 Å². The lowest BCUT2D eigenvalue weighted by Crippen LogP contribution is -2.32. The monoisotopic (exact) mass is 807 g/mol. The molecule has 0 bridgehead atoms. The van der Waals surface area contributed by atoms with Crippen LogP contribution in [0.4, 0.5) is 0 Å². The first-order valence-electron chi connectivity index (χ1n) is 21.6. The number of nitrogens with zero attached hydrogens (tertiary/aromatic N) is 3. The van der Waals surface area contributed by atoms with Crippen LogP contribution in [0.15, 0.2) is 218 Å². The molecule has 1 unspecified atom stereocenters. The molecule has 4 nitrogen and oxygen atoms in total. The highest BCUT2D eigenvalue weighted by atomic mass is 16.5. The number of allylic oxidation sites excluding steroid dienone is 4. The molecule has 0 saturated carbocycles. The molecule has 0 amide bonds. The Hall–Kier alpha value is -7.95. The molecule has 0 fully saturated rings. The van der Waals surface area contributed by atoms with Crippen molar-refractivity contribution in [2.24, 2.45) is 0 Å². The first-order valence-corrected chi connectivity index (χ1v) is 21.6. The lowest BCUT2D eigenvalue weighted by Gasteiger charge is -2.40. The number of fused-ring (bicyclic) bond motifs is 9. The van der Waals surface area contributed by atoms with E-state index < -0.39 is 10.8 Å². The van der Waals surface area contributed by atoms with Gasteiger partial charge in [-0.25, -0.2) is 15.0 Å². The van der Waals surface area contributed by atoms with Gasteiger partial charge < -0.3 is 4.74 Å². The van der Waals surface area contributed by atoms with Crippen LogP contribution in [0.5, 0.6) is 11.5 Å². The second-order valence-corrected chi connectivity index (χ2v) is 16.9. The number of hydrogen-bond acceptors (Lipinski definition) is 4. The Morgan fingerprint density at radius 2 is 0.968 bits per heavy atom. The van der Waals surface area contributed by atoms with Gasteiger partial charge >= 0.3 is 0 Å². The van der Waals surface area contributed by atoms with Crippen LogP contribution < -0.4 is 4.74 Å². The van der Waals surface area contributed by atoms with Crippen molar-refractivity contribution in [2.45, 2.75) is 24.2 Å². The fourth-order valence-electron chi connectivity index (χ4n) is 10.2. The van der Waals surface area contributed by atoms with Gasteiger partial charge in [0.1, 0.15) is 17.3 Å². The van der Waals surface area contributed by atoms with E-state index in [1.165, 1.54) is 33.4 Å². The molecule has 0 N–H and O–H groups in total. The quantitative estimate of drug-likeness (QED) is 0.168. The second-order valence-electron chi connectivity index (χ2n) is 16.9. The van der Waals surface area contributed by atoms with Gasteiger partial charge in [0.15, 0.2) is 11.6 Å². The molecule has 12 rings (SSSR count). The van der Waals surface area contributed by atoms with Crippen LogP contribution in [0.25, 0.3) is 61.7 Å². The number of benzene rings is 8. The Kier molecular flexibility index (Phi) is 8.55. The van der Waals surface area contributed by atoms with Crippen LogP contribution in [0.3, 0.4) is 0 Å². The maximum absolute atomic E-state index is 7.04. The number of rotatable bonds is 6. The van der Waals surface area contributed by atoms with E-state index >= 15 is 0 Å². The zero-order chi connectivity index (χ0) is 42.0. The van der Waals surface area contributed by atoms with Crippen LogP contribution in [-0.4, -0.2) is 15.0 Å². The molecule has 298 valence electrons. The highest BCUT2D eigenvalue weighted by Gasteiger charge is 2.51. The van der Waals surface area contributed by atoms with Crippen LogP contribution in [-0.2, 0) is 10.8 Å². The molecule has 3 aliphatic rings. The summed E-state index contributed by atoms with van der Waals surface area (Å²) in [5.74, 6) is 3.83. The average molecular weight is 808 g/mol. The smallest absolute Gasteiger partial charge is 0.164 e. The molecule has 1 aliphatic heterocycles. The van der Waals surface area contributed by atoms with E-state index in [2.05, 4.69) is 201 Å². The van der Waals surface area contributed by atoms with Gasteiger partial charge in [0.25, 0.3) is 0 Å². The van der Waals surface area contributed by atoms with Gasteiger partial charge in [-0.1, -0.05) is 206 Å². The van der Waals surface area contributed by atoms with E-state index in [9.17, 15) is 0 Å². The minimum atomic E-state index is -0.521. The van der Waals surface area contributed by atoms with Crippen molar-refractivity contribution in [1.82, 2.24) is 15.0 Å². The van der Waals surface area contributed by atoms with Gasteiger partial charge in [-0.05, 0) is 75.6 Å². The first-order chi connectivity index (χ1) is 31.1. The molecule has 1 atom stereocenters. The minimum Gasteiger partial charge on any atom is -0.456 e. The van der Waals surface area contributed by atoms with Gasteiger partial charge in [-0.2, -0.15) is 0 Å². The second kappa shape index (κ2) is 14.6. The largest absolute Gasteiger partial charge is 0.456 e. The van der Waals surface area contributed by atoms with E-state index in [0.717, 1.165) is 61.8 Å². The predicted octanol–water partition coefficient (Wildman–Crippen LogP) is 14.3. The summed E-state index contributed by atoms with van der Waals surface area (Å²) >= 11 is 0. The number of ether oxygens (including phenoxy) is 1. The predicted molar refractivity (Wildman–Crippen MR) is 254 cm³/mol. The molecule has 2 aliphatic carbocycles. The van der Waals surface area contributed by atoms with E-state index in [4.69, 9.17) is 19.7 Å². The third-order valence-corrected chi connectivity index (χ3v) is 13.2. The van der Waals surface area contributed by atoms with Crippen molar-refractivity contribution in [3.05, 3.63) is 252 Å². The summed E-state index contributed by atoms with van der Waals surface area (Å²) in [6.45, 7) is 2.24. The van der Waals surface area contributed by atoms with Crippen LogP contribution in [0.1, 0.15) is 47.0 Å². The third-order valence-electron chi connectivity index (χ3n) is 13.2. The van der Waals surface area contributed by atoms with E-state index in [1.807, 2.05) is 24.3 Å². The Balaban J connectivity index is 0.953. The van der Waals surface area contributed by atoms with E-state index in [-0.39, 0.29) is 0 Å². The molecule has 63 heavy (non-hydrogen) atoms. The van der Waals surface area contributed by atoms with Gasteiger partial charge in [0.2, 0.25) is 0 Å². The summed E-state index contributed by atoms with van der Waals surface area (Å²) < 4.78 is 7.04. The lowest BCUT2D eigenvalue weighted by atomic mass is 9.65. The van der Waals surface area contributed by atoms with Crippen LogP contribution in [0.2, 0.25) is 0 Å². The molecular formula is C59H41N3O. The topological polar surface area (TPSA) is 47.9 Å². The number of aromatic nitrogens is 3. The lowest BCUT2D eigenvalue weighted by molar-refractivity contribution is 0.438. The van der Waals surface area contributed by atoms with Gasteiger partial charge in [0, 0.05) is 33.2 Å². The molecule has 8 aromatic carbocycles. The average Bonchev–Trinajstić information content (AvgIpc) is 3.65. The van der Waals surface area contributed by atoms with Crippen molar-refractivity contribution >= 4 is 5.57 Å². The Labute approximate surface area is 367 Å². The molecule has 0 saturated heterocycles. The standard InChI is InChI=1S/C59H41N3O/c1-58(57-61-55(40-21-6-3-7-22-40)60-56(62-57)48-29-9-8-26-44(48)39-19-4-2-5-20-39)36-18-25-43(38-58)41-23-16-24-42(37-41)45-30-17-34-52-54(45)63-53-35-15-14-33-51(53)59(52)49-31-12-10-27-46(49)47-28-11-13-32-50(47)59/h2-37H,38H2,1H3. The molecular weight excluding hydrogens is 767 g/mol. The van der Waals surface area contributed by atoms with Gasteiger partial charge in [-0.3, -0.25) is 0 Å². The Morgan fingerprint density at radius 3 is 1.71 bits per heavy atom. The molecule has 2 heterocycles. The fraction of sp³-hybridized carbons (Fsp3) is 0.0678. The first kappa shape index (κ1) is 36.9. The summed E-state index contributed by atoms with van der Waals surface area (Å²) in [4.78, 5) is 15.7. The highest BCUT2D eigenvalue weighted by molar-refractivity contribution is 5.91. The Bertz CT molecular complexity index is 3270. The molecule has 1 aromatic heterocycles. The number of para-hydroxylation sites is 2. The summed E-state index contributed by atoms with van der Waals surface area (Å²) in [5, 5.41) is 0. The zero-order valence-electron chi connectivity index (χ0n) is 34.7. The highest BCUT2D eigenvalue weighted by Crippen LogP contribution is 2.63. The fourth-order valence-corrected chi connectivity index (χ4v) is 10.2. The third kappa shape index (κ3) is 5.86. The molecule has 0 radical (unpaired) electrons. The van der Waals surface area contributed by atoms with Crippen molar-refractivity contribution < 1.29 is 4.74 Å². The van der Waals surface area contributed by atoms with E-state index in [0.29, 0.717) is 18.1 Å². The van der Waals surface area contributed by atoms with E-state index in [1.54, 1.807) is 0 Å². The molecule has 4 heteroatoms. The van der Waals surface area contributed by atoms with Crippen molar-refractivity contribution in [3.63, 3.8) is 0 Å². The maximum Gasteiger partial charge on any atom is 0.164 e. The molecule has 1 spiro atoms. The van der Waals surface area contributed by atoms with Gasteiger partial charge in [0.05, 0.1) is 5.41 Å². The SMILES string of the molecule is CC1(c2nc(-c3ccccc3)nc(-c3ccccc3-c3ccccc3)n2)C=CC=C(c2cccc(-c3cccc4c3Oc3ccccc3C43c4ccccc4-c4ccccc43)c2)C1. The van der Waals surface area contributed by atoms with Gasteiger partial charge in [-0.15, -0.1) is 0 Å². The van der Waals surface area contributed by atoms with Crippen molar-refractivity contribution in [1.29, 1.82) is 0 Å². The Morgan fingerprint density at radius 1 is 0.429 bits per heavy atom. The van der Waals surface area contributed by atoms with Crippen LogP contribution in [0, 0.1) is 0 Å². The van der Waals surface area contributed by atoms with Crippen LogP contribution >= 0.6 is 0 Å². The summed E-state index contributed by atoms with van der Waals surface area (Å²) in [5.41, 5.74) is 15.0. The summed E-state index contributed by atoms with van der Waals surface area (Å²) in [7, 11) is 0. The zero-order valence-corrected chi connectivity index (χ0v) is 34.7. The summed E-state index contributed by atoms with van der Waals surface area (Å²) in [6, 6.07) is 71.0. The molecule has 9 aromatic rings. The summed E-state index contributed by atoms with van der Waals surface area (Å²) in [6.07, 6.45) is 7.35. The van der Waals surface area contributed by atoms with Crippen molar-refractivity contribution in [3.8, 4) is 67.7 Å². The maximum atomic E-state index is 7.04. The number of hydrogen-bond donors (Lipinski definition) is 0. The normalized spacial score (nSPS) is 16.3. The minimum absolute atomic E-state index is 0.516.